The summed E-state index contributed by atoms with van der Waals surface area (Å²) in [5, 5.41) is 8.56. The van der Waals surface area contributed by atoms with Crippen molar-refractivity contribution in [1.29, 1.82) is 0 Å². The van der Waals surface area contributed by atoms with Crippen molar-refractivity contribution in [2.24, 2.45) is 0 Å². The molecule has 2 heterocycles. The van der Waals surface area contributed by atoms with Crippen molar-refractivity contribution in [3.8, 4) is 11.5 Å². The molecule has 7 heteroatoms. The van der Waals surface area contributed by atoms with Crippen molar-refractivity contribution in [3.05, 3.63) is 46.8 Å². The van der Waals surface area contributed by atoms with E-state index in [0.717, 1.165) is 42.9 Å². The second kappa shape index (κ2) is 8.56. The Morgan fingerprint density at radius 2 is 2.23 bits per heavy atom. The molecule has 0 bridgehead atoms. The van der Waals surface area contributed by atoms with E-state index in [9.17, 15) is 0 Å². The third kappa shape index (κ3) is 4.02. The van der Waals surface area contributed by atoms with E-state index in [-0.39, 0.29) is 6.04 Å². The highest BCUT2D eigenvalue weighted by Gasteiger charge is 2.30. The molecule has 0 spiro atoms. The van der Waals surface area contributed by atoms with Gasteiger partial charge in [-0.2, -0.15) is 0 Å². The van der Waals surface area contributed by atoms with E-state index in [0.29, 0.717) is 29.7 Å². The Kier molecular flexibility index (Phi) is 6.16. The number of aromatic nitrogens is 2. The van der Waals surface area contributed by atoms with Gasteiger partial charge in [-0.1, -0.05) is 34.6 Å². The molecular formula is C19H24ClN3O3. The Morgan fingerprint density at radius 3 is 2.92 bits per heavy atom. The van der Waals surface area contributed by atoms with Gasteiger partial charge in [-0.05, 0) is 50.9 Å². The summed E-state index contributed by atoms with van der Waals surface area (Å²) in [7, 11) is 0. The first kappa shape index (κ1) is 18.7. The Morgan fingerprint density at radius 1 is 1.38 bits per heavy atom. The summed E-state index contributed by atoms with van der Waals surface area (Å²) >= 11 is 6.46. The lowest BCUT2D eigenvalue weighted by Crippen LogP contribution is -2.23. The maximum Gasteiger partial charge on any atom is 0.180 e. The van der Waals surface area contributed by atoms with Gasteiger partial charge in [-0.3, -0.25) is 4.90 Å². The fourth-order valence-corrected chi connectivity index (χ4v) is 3.65. The lowest BCUT2D eigenvalue weighted by Gasteiger charge is -2.23. The van der Waals surface area contributed by atoms with E-state index in [1.165, 1.54) is 0 Å². The zero-order valence-electron chi connectivity index (χ0n) is 15.2. The minimum Gasteiger partial charge on any atom is -0.490 e. The van der Waals surface area contributed by atoms with Crippen molar-refractivity contribution in [2.45, 2.75) is 39.3 Å². The molecule has 0 unspecified atom stereocenters. The Hall–Kier alpha value is -2.05. The summed E-state index contributed by atoms with van der Waals surface area (Å²) in [6.45, 7) is 10.2. The maximum absolute atomic E-state index is 6.46. The zero-order valence-corrected chi connectivity index (χ0v) is 16.0. The topological polar surface area (TPSA) is 60.6 Å². The number of likely N-dealkylation sites (tertiary alicyclic amines) is 1. The van der Waals surface area contributed by atoms with E-state index in [2.05, 4.69) is 21.8 Å². The third-order valence-electron chi connectivity index (χ3n) is 4.47. The normalized spacial score (nSPS) is 17.4. The minimum atomic E-state index is 0.215. The lowest BCUT2D eigenvalue weighted by molar-refractivity contribution is 0.230. The number of rotatable bonds is 8. The lowest BCUT2D eigenvalue weighted by atomic mass is 10.1. The van der Waals surface area contributed by atoms with Crippen LogP contribution in [0.5, 0.6) is 11.5 Å². The molecule has 1 aromatic heterocycles. The highest BCUT2D eigenvalue weighted by Crippen LogP contribution is 2.39. The average molecular weight is 378 g/mol. The number of nitrogens with zero attached hydrogens (tertiary/aromatic N) is 3. The van der Waals surface area contributed by atoms with Crippen molar-refractivity contribution in [1.82, 2.24) is 15.2 Å². The van der Waals surface area contributed by atoms with Gasteiger partial charge < -0.3 is 9.47 Å². The standard InChI is InChI=1S/C19H24ClN3O3/c1-4-9-25-19-15(20)10-14(11-17(19)24-5-2)12-23-8-6-7-16(23)18-13(3)21-26-22-18/h4,10-11,16H,1,5-9,12H2,2-3H3/t16-/m0/s1. The predicted molar refractivity (Wildman–Crippen MR) is 99.7 cm³/mol. The summed E-state index contributed by atoms with van der Waals surface area (Å²) in [5.74, 6) is 1.22. The summed E-state index contributed by atoms with van der Waals surface area (Å²) in [6, 6.07) is 4.15. The van der Waals surface area contributed by atoms with Gasteiger partial charge in [0.2, 0.25) is 0 Å². The van der Waals surface area contributed by atoms with Crippen molar-refractivity contribution >= 4 is 11.6 Å². The molecule has 1 atom stereocenters. The van der Waals surface area contributed by atoms with Crippen molar-refractivity contribution in [2.75, 3.05) is 19.8 Å². The number of halogens is 1. The number of ether oxygens (including phenoxy) is 2. The van der Waals surface area contributed by atoms with Gasteiger partial charge in [0.25, 0.3) is 0 Å². The van der Waals surface area contributed by atoms with Crippen LogP contribution in [-0.4, -0.2) is 35.0 Å². The SMILES string of the molecule is C=CCOc1c(Cl)cc(CN2CCC[C@H]2c2nonc2C)cc1OCC. The maximum atomic E-state index is 6.46. The molecule has 0 saturated carbocycles. The summed E-state index contributed by atoms with van der Waals surface area (Å²) in [4.78, 5) is 2.37. The van der Waals surface area contributed by atoms with Crippen LogP contribution >= 0.6 is 11.6 Å². The van der Waals surface area contributed by atoms with Gasteiger partial charge in [-0.15, -0.1) is 0 Å². The first-order chi connectivity index (χ1) is 12.6. The Bertz CT molecular complexity index is 762. The van der Waals surface area contributed by atoms with Crippen LogP contribution in [0.2, 0.25) is 5.02 Å². The van der Waals surface area contributed by atoms with Crippen LogP contribution in [0, 0.1) is 6.92 Å². The van der Waals surface area contributed by atoms with E-state index < -0.39 is 0 Å². The molecule has 0 aliphatic carbocycles. The fourth-order valence-electron chi connectivity index (χ4n) is 3.36. The molecule has 0 N–H and O–H groups in total. The minimum absolute atomic E-state index is 0.215. The molecule has 1 aromatic carbocycles. The molecular weight excluding hydrogens is 354 g/mol. The Balaban J connectivity index is 1.82. The highest BCUT2D eigenvalue weighted by molar-refractivity contribution is 6.32. The molecule has 1 aliphatic heterocycles. The predicted octanol–water partition coefficient (Wildman–Crippen LogP) is 4.33. The van der Waals surface area contributed by atoms with E-state index in [4.69, 9.17) is 25.7 Å². The molecule has 1 fully saturated rings. The number of hydrogen-bond acceptors (Lipinski definition) is 6. The molecule has 6 nitrogen and oxygen atoms in total. The van der Waals surface area contributed by atoms with Gasteiger partial charge in [0.15, 0.2) is 11.5 Å². The molecule has 1 aliphatic rings. The smallest absolute Gasteiger partial charge is 0.180 e. The van der Waals surface area contributed by atoms with Crippen LogP contribution in [-0.2, 0) is 6.54 Å². The van der Waals surface area contributed by atoms with E-state index in [1.54, 1.807) is 6.08 Å². The molecule has 26 heavy (non-hydrogen) atoms. The molecule has 0 amide bonds. The first-order valence-electron chi connectivity index (χ1n) is 8.86. The fraction of sp³-hybridized carbons (Fsp3) is 0.474. The first-order valence-corrected chi connectivity index (χ1v) is 9.23. The second-order valence-electron chi connectivity index (χ2n) is 6.30. The summed E-state index contributed by atoms with van der Waals surface area (Å²) in [5.41, 5.74) is 2.85. The van der Waals surface area contributed by atoms with Crippen LogP contribution in [0.15, 0.2) is 29.4 Å². The van der Waals surface area contributed by atoms with Gasteiger partial charge in [0.05, 0.1) is 17.7 Å². The zero-order chi connectivity index (χ0) is 18.5. The van der Waals surface area contributed by atoms with Gasteiger partial charge >= 0.3 is 0 Å². The van der Waals surface area contributed by atoms with Crippen molar-refractivity contribution < 1.29 is 14.1 Å². The van der Waals surface area contributed by atoms with Gasteiger partial charge in [-0.25, -0.2) is 4.63 Å². The van der Waals surface area contributed by atoms with Gasteiger partial charge in [0.1, 0.15) is 18.0 Å². The average Bonchev–Trinajstić information content (AvgIpc) is 3.23. The van der Waals surface area contributed by atoms with Crippen LogP contribution in [0.3, 0.4) is 0 Å². The largest absolute Gasteiger partial charge is 0.490 e. The highest BCUT2D eigenvalue weighted by atomic mass is 35.5. The molecule has 2 aromatic rings. The number of hydrogen-bond donors (Lipinski definition) is 0. The Labute approximate surface area is 158 Å². The van der Waals surface area contributed by atoms with Crippen LogP contribution in [0.1, 0.15) is 42.8 Å². The summed E-state index contributed by atoms with van der Waals surface area (Å²) < 4.78 is 16.3. The number of aryl methyl sites for hydroxylation is 1. The quantitative estimate of drug-likeness (QED) is 0.638. The van der Waals surface area contributed by atoms with Crippen LogP contribution < -0.4 is 9.47 Å². The van der Waals surface area contributed by atoms with Crippen LogP contribution in [0.25, 0.3) is 0 Å². The monoisotopic (exact) mass is 377 g/mol. The van der Waals surface area contributed by atoms with E-state index >= 15 is 0 Å². The summed E-state index contributed by atoms with van der Waals surface area (Å²) in [6.07, 6.45) is 3.84. The molecule has 0 radical (unpaired) electrons. The van der Waals surface area contributed by atoms with E-state index in [1.807, 2.05) is 26.0 Å². The molecule has 3 rings (SSSR count). The third-order valence-corrected chi connectivity index (χ3v) is 4.75. The second-order valence-corrected chi connectivity index (χ2v) is 6.71. The van der Waals surface area contributed by atoms with Crippen molar-refractivity contribution in [3.63, 3.8) is 0 Å². The van der Waals surface area contributed by atoms with Crippen LogP contribution in [0.4, 0.5) is 0 Å². The molecule has 1 saturated heterocycles. The number of benzene rings is 1. The molecule has 140 valence electrons. The van der Waals surface area contributed by atoms with Gasteiger partial charge in [0, 0.05) is 6.54 Å².